The second-order valence-corrected chi connectivity index (χ2v) is 5.88. The first-order valence-electron chi connectivity index (χ1n) is 6.40. The van der Waals surface area contributed by atoms with Gasteiger partial charge in [-0.05, 0) is 17.5 Å². The quantitative estimate of drug-likeness (QED) is 0.775. The zero-order valence-corrected chi connectivity index (χ0v) is 13.0. The lowest BCUT2D eigenvalue weighted by molar-refractivity contribution is -0.120. The fourth-order valence-electron chi connectivity index (χ4n) is 1.77. The van der Waals surface area contributed by atoms with Crippen LogP contribution in [-0.2, 0) is 9.59 Å². The molecule has 0 aliphatic carbocycles. The highest BCUT2D eigenvalue weighted by Gasteiger charge is 2.27. The number of nitrogens with one attached hydrogen (secondary N) is 2. The number of fused-ring (bicyclic) bond motifs is 1. The number of amides is 2. The summed E-state index contributed by atoms with van der Waals surface area (Å²) in [7, 11) is 0. The summed E-state index contributed by atoms with van der Waals surface area (Å²) in [6.07, 6.45) is 0. The van der Waals surface area contributed by atoms with Crippen molar-refractivity contribution >= 4 is 35.6 Å². The number of rotatable bonds is 2. The highest BCUT2D eigenvalue weighted by molar-refractivity contribution is 5.98. The van der Waals surface area contributed by atoms with Crippen molar-refractivity contribution in [1.29, 1.82) is 0 Å². The van der Waals surface area contributed by atoms with E-state index in [2.05, 4.69) is 10.6 Å². The summed E-state index contributed by atoms with van der Waals surface area (Å²) in [5, 5.41) is 5.44. The highest BCUT2D eigenvalue weighted by Crippen LogP contribution is 2.30. The third-order valence-electron chi connectivity index (χ3n) is 3.10. The van der Waals surface area contributed by atoms with E-state index < -0.39 is 6.04 Å². The van der Waals surface area contributed by atoms with Crippen LogP contribution in [0.15, 0.2) is 18.2 Å². The van der Waals surface area contributed by atoms with Crippen LogP contribution in [0.25, 0.3) is 0 Å². The Morgan fingerprint density at radius 1 is 1.43 bits per heavy atom. The molecule has 1 aromatic carbocycles. The number of hydrogen-bond donors (Lipinski definition) is 3. The number of hydrogen-bond acceptors (Lipinski definition) is 4. The van der Waals surface area contributed by atoms with E-state index in [1.165, 1.54) is 0 Å². The van der Waals surface area contributed by atoms with Crippen molar-refractivity contribution in [2.24, 2.45) is 11.1 Å². The molecule has 1 aliphatic rings. The van der Waals surface area contributed by atoms with Crippen LogP contribution >= 0.6 is 12.4 Å². The van der Waals surface area contributed by atoms with Crippen molar-refractivity contribution in [2.75, 3.05) is 17.2 Å². The topological polar surface area (TPSA) is 93.5 Å². The zero-order valence-electron chi connectivity index (χ0n) is 12.2. The second-order valence-electron chi connectivity index (χ2n) is 5.88. The van der Waals surface area contributed by atoms with Crippen molar-refractivity contribution in [3.63, 3.8) is 0 Å². The van der Waals surface area contributed by atoms with Crippen molar-refractivity contribution < 1.29 is 14.3 Å². The minimum atomic E-state index is -0.612. The predicted octanol–water partition coefficient (Wildman–Crippen LogP) is 1.75. The summed E-state index contributed by atoms with van der Waals surface area (Å²) >= 11 is 0. The molecule has 0 saturated carbocycles. The van der Waals surface area contributed by atoms with Crippen LogP contribution in [0.1, 0.15) is 20.8 Å². The van der Waals surface area contributed by atoms with E-state index in [1.54, 1.807) is 18.2 Å². The maximum atomic E-state index is 12.0. The van der Waals surface area contributed by atoms with Gasteiger partial charge in [0.15, 0.2) is 6.61 Å². The summed E-state index contributed by atoms with van der Waals surface area (Å²) in [6.45, 7) is 5.69. The van der Waals surface area contributed by atoms with E-state index in [4.69, 9.17) is 10.5 Å². The molecule has 0 fully saturated rings. The summed E-state index contributed by atoms with van der Waals surface area (Å²) < 4.78 is 5.29. The molecule has 0 unspecified atom stereocenters. The first-order valence-corrected chi connectivity index (χ1v) is 6.40. The summed E-state index contributed by atoms with van der Waals surface area (Å²) in [6, 6.07) is 4.44. The van der Waals surface area contributed by atoms with Gasteiger partial charge in [-0.2, -0.15) is 0 Å². The van der Waals surface area contributed by atoms with Gasteiger partial charge in [0.2, 0.25) is 5.91 Å². The van der Waals surface area contributed by atoms with Crippen LogP contribution in [0.2, 0.25) is 0 Å². The van der Waals surface area contributed by atoms with Crippen LogP contribution in [0.3, 0.4) is 0 Å². The molecule has 6 nitrogen and oxygen atoms in total. The molecule has 2 rings (SSSR count). The summed E-state index contributed by atoms with van der Waals surface area (Å²) in [4.78, 5) is 23.2. The average molecular weight is 314 g/mol. The molecule has 0 saturated heterocycles. The first kappa shape index (κ1) is 17.3. The van der Waals surface area contributed by atoms with Crippen molar-refractivity contribution in [3.05, 3.63) is 18.2 Å². The molecular weight excluding hydrogens is 294 g/mol. The van der Waals surface area contributed by atoms with E-state index in [-0.39, 0.29) is 36.2 Å². The van der Waals surface area contributed by atoms with E-state index in [0.29, 0.717) is 17.1 Å². The van der Waals surface area contributed by atoms with Gasteiger partial charge in [0, 0.05) is 11.8 Å². The minimum Gasteiger partial charge on any atom is -0.482 e. The minimum absolute atomic E-state index is 0. The van der Waals surface area contributed by atoms with E-state index in [1.807, 2.05) is 20.8 Å². The third kappa shape index (κ3) is 4.09. The monoisotopic (exact) mass is 313 g/mol. The molecule has 1 aromatic rings. The lowest BCUT2D eigenvalue weighted by Gasteiger charge is -2.26. The molecule has 0 radical (unpaired) electrons. The molecule has 0 aromatic heterocycles. The lowest BCUT2D eigenvalue weighted by atomic mass is 9.87. The van der Waals surface area contributed by atoms with Crippen molar-refractivity contribution in [3.8, 4) is 5.75 Å². The molecule has 4 N–H and O–H groups in total. The molecular formula is C14H20ClN3O3. The van der Waals surface area contributed by atoms with Crippen molar-refractivity contribution in [1.82, 2.24) is 0 Å². The molecule has 21 heavy (non-hydrogen) atoms. The number of ether oxygens (including phenoxy) is 1. The SMILES string of the molecule is CC(C)(C)[C@H](N)C(=O)Nc1ccc2c(c1)OCC(=O)N2.Cl. The maximum Gasteiger partial charge on any atom is 0.262 e. The highest BCUT2D eigenvalue weighted by atomic mass is 35.5. The molecule has 0 bridgehead atoms. The molecule has 0 spiro atoms. The third-order valence-corrected chi connectivity index (χ3v) is 3.10. The Labute approximate surface area is 129 Å². The fourth-order valence-corrected chi connectivity index (χ4v) is 1.77. The number of benzene rings is 1. The van der Waals surface area contributed by atoms with Crippen molar-refractivity contribution in [2.45, 2.75) is 26.8 Å². The molecule has 1 heterocycles. The number of carbonyl (C=O) groups is 2. The molecule has 2 amide bonds. The summed E-state index contributed by atoms with van der Waals surface area (Å²) in [5.41, 5.74) is 6.77. The zero-order chi connectivity index (χ0) is 14.9. The van der Waals surface area contributed by atoms with Gasteiger partial charge in [0.25, 0.3) is 5.91 Å². The Morgan fingerprint density at radius 3 is 2.71 bits per heavy atom. The van der Waals surface area contributed by atoms with Gasteiger partial charge in [-0.25, -0.2) is 0 Å². The Hall–Kier alpha value is -1.79. The Balaban J connectivity index is 0.00000220. The van der Waals surface area contributed by atoms with Crippen LogP contribution in [0.4, 0.5) is 11.4 Å². The molecule has 1 atom stereocenters. The first-order chi connectivity index (χ1) is 9.27. The smallest absolute Gasteiger partial charge is 0.262 e. The van der Waals surface area contributed by atoms with Gasteiger partial charge in [-0.15, -0.1) is 12.4 Å². The maximum absolute atomic E-state index is 12.0. The number of carbonyl (C=O) groups excluding carboxylic acids is 2. The van der Waals surface area contributed by atoms with Crippen LogP contribution < -0.4 is 21.1 Å². The van der Waals surface area contributed by atoms with Gasteiger partial charge in [0.05, 0.1) is 11.7 Å². The number of anilines is 2. The van der Waals surface area contributed by atoms with Gasteiger partial charge >= 0.3 is 0 Å². The molecule has 1 aliphatic heterocycles. The van der Waals surface area contributed by atoms with E-state index in [9.17, 15) is 9.59 Å². The van der Waals surface area contributed by atoms with Gasteiger partial charge < -0.3 is 21.1 Å². The summed E-state index contributed by atoms with van der Waals surface area (Å²) in [5.74, 6) is 0.0908. The fraction of sp³-hybridized carbons (Fsp3) is 0.429. The normalized spacial score (nSPS) is 15.0. The Bertz CT molecular complexity index is 555. The number of nitrogens with two attached hydrogens (primary N) is 1. The van der Waals surface area contributed by atoms with Gasteiger partial charge in [-0.1, -0.05) is 20.8 Å². The second kappa shape index (κ2) is 6.32. The van der Waals surface area contributed by atoms with Gasteiger partial charge in [0.1, 0.15) is 5.75 Å². The van der Waals surface area contributed by atoms with Crippen LogP contribution in [0.5, 0.6) is 5.75 Å². The van der Waals surface area contributed by atoms with E-state index in [0.717, 1.165) is 0 Å². The van der Waals surface area contributed by atoms with Gasteiger partial charge in [-0.3, -0.25) is 9.59 Å². The standard InChI is InChI=1S/C14H19N3O3.ClH/c1-14(2,3)12(15)13(19)16-8-4-5-9-10(6-8)20-7-11(18)17-9;/h4-6,12H,7,15H2,1-3H3,(H,16,19)(H,17,18);1H/t12-;/m1./s1. The predicted molar refractivity (Wildman–Crippen MR) is 83.9 cm³/mol. The largest absolute Gasteiger partial charge is 0.482 e. The number of halogens is 1. The van der Waals surface area contributed by atoms with Crippen LogP contribution in [0, 0.1) is 5.41 Å². The Morgan fingerprint density at radius 2 is 2.10 bits per heavy atom. The average Bonchev–Trinajstić information content (AvgIpc) is 2.37. The molecule has 7 heteroatoms. The molecule has 116 valence electrons. The van der Waals surface area contributed by atoms with Crippen LogP contribution in [-0.4, -0.2) is 24.5 Å². The Kier molecular flexibility index (Phi) is 5.20. The lowest BCUT2D eigenvalue weighted by Crippen LogP contribution is -2.45. The van der Waals surface area contributed by atoms with E-state index >= 15 is 0 Å².